The van der Waals surface area contributed by atoms with Crippen LogP contribution >= 0.6 is 0 Å². The summed E-state index contributed by atoms with van der Waals surface area (Å²) in [5, 5.41) is 7.73. The van der Waals surface area contributed by atoms with Gasteiger partial charge in [0.15, 0.2) is 0 Å². The van der Waals surface area contributed by atoms with Gasteiger partial charge < -0.3 is 16.0 Å². The summed E-state index contributed by atoms with van der Waals surface area (Å²) >= 11 is 0. The smallest absolute Gasteiger partial charge is 0.225 e. The van der Waals surface area contributed by atoms with E-state index in [0.29, 0.717) is 18.7 Å². The summed E-state index contributed by atoms with van der Waals surface area (Å²) in [6.45, 7) is 7.13. The lowest BCUT2D eigenvalue weighted by molar-refractivity contribution is -0.128. The number of benzene rings is 1. The fraction of sp³-hybridized carbons (Fsp3) is 0.471. The van der Waals surface area contributed by atoms with Gasteiger partial charge in [0.2, 0.25) is 17.7 Å². The Bertz CT molecular complexity index is 624. The first-order valence-electron chi connectivity index (χ1n) is 7.75. The molecule has 1 rings (SSSR count). The molecule has 0 aliphatic heterocycles. The van der Waals surface area contributed by atoms with E-state index in [1.165, 1.54) is 25.1 Å². The summed E-state index contributed by atoms with van der Waals surface area (Å²) < 4.78 is 13.7. The van der Waals surface area contributed by atoms with Crippen LogP contribution in [0.2, 0.25) is 0 Å². The Morgan fingerprint density at radius 3 is 2.38 bits per heavy atom. The van der Waals surface area contributed by atoms with Gasteiger partial charge in [0.1, 0.15) is 5.82 Å². The molecule has 6 nitrogen and oxygen atoms in total. The Morgan fingerprint density at radius 1 is 1.12 bits per heavy atom. The van der Waals surface area contributed by atoms with Crippen molar-refractivity contribution in [2.24, 2.45) is 5.41 Å². The third-order valence-corrected chi connectivity index (χ3v) is 3.11. The van der Waals surface area contributed by atoms with Gasteiger partial charge in [-0.1, -0.05) is 20.8 Å². The van der Waals surface area contributed by atoms with Gasteiger partial charge in [-0.05, 0) is 24.6 Å². The molecule has 0 aliphatic carbocycles. The number of carbonyl (C=O) groups is 3. The normalized spacial score (nSPS) is 10.9. The summed E-state index contributed by atoms with van der Waals surface area (Å²) in [5.41, 5.74) is -0.0724. The zero-order chi connectivity index (χ0) is 18.3. The molecule has 0 bridgehead atoms. The molecular formula is C17H24FN3O3. The third kappa shape index (κ3) is 6.76. The third-order valence-electron chi connectivity index (χ3n) is 3.11. The molecule has 24 heavy (non-hydrogen) atoms. The molecule has 3 amide bonds. The minimum Gasteiger partial charge on any atom is -0.356 e. The van der Waals surface area contributed by atoms with E-state index in [9.17, 15) is 18.8 Å². The summed E-state index contributed by atoms with van der Waals surface area (Å²) in [7, 11) is 0. The van der Waals surface area contributed by atoms with Crippen LogP contribution in [0.15, 0.2) is 18.2 Å². The van der Waals surface area contributed by atoms with E-state index < -0.39 is 11.2 Å². The number of hydrogen-bond donors (Lipinski definition) is 3. The number of nitrogens with one attached hydrogen (secondary N) is 3. The molecule has 0 fully saturated rings. The highest BCUT2D eigenvalue weighted by molar-refractivity contribution is 5.93. The van der Waals surface area contributed by atoms with Crippen molar-refractivity contribution in [1.82, 2.24) is 5.32 Å². The molecule has 3 N–H and O–H groups in total. The topological polar surface area (TPSA) is 87.3 Å². The summed E-state index contributed by atoms with van der Waals surface area (Å²) in [6.07, 6.45) is 0.592. The lowest BCUT2D eigenvalue weighted by Gasteiger charge is -2.17. The number of hydrogen-bond acceptors (Lipinski definition) is 3. The molecule has 0 heterocycles. The van der Waals surface area contributed by atoms with Crippen molar-refractivity contribution in [3.63, 3.8) is 0 Å². The van der Waals surface area contributed by atoms with Gasteiger partial charge in [-0.15, -0.1) is 0 Å². The number of halogens is 1. The molecule has 0 unspecified atom stereocenters. The monoisotopic (exact) mass is 337 g/mol. The van der Waals surface area contributed by atoms with E-state index >= 15 is 0 Å². The highest BCUT2D eigenvalue weighted by Crippen LogP contribution is 2.20. The minimum atomic E-state index is -0.585. The quantitative estimate of drug-likeness (QED) is 0.698. The Hall–Kier alpha value is -2.44. The van der Waals surface area contributed by atoms with E-state index in [-0.39, 0.29) is 29.8 Å². The van der Waals surface area contributed by atoms with E-state index in [0.717, 1.165) is 0 Å². The maximum absolute atomic E-state index is 13.7. The Balaban J connectivity index is 2.48. The molecule has 132 valence electrons. The van der Waals surface area contributed by atoms with Gasteiger partial charge in [-0.3, -0.25) is 14.4 Å². The van der Waals surface area contributed by atoms with Crippen LogP contribution < -0.4 is 16.0 Å². The van der Waals surface area contributed by atoms with Gasteiger partial charge >= 0.3 is 0 Å². The molecule has 1 aromatic carbocycles. The van der Waals surface area contributed by atoms with Crippen LogP contribution in [0.4, 0.5) is 15.8 Å². The SMILES string of the molecule is CC(=O)Nc1ccc(F)c(NC(=O)CCCNC(=O)C(C)(C)C)c1. The molecule has 0 radical (unpaired) electrons. The van der Waals surface area contributed by atoms with Crippen molar-refractivity contribution in [1.29, 1.82) is 0 Å². The second-order valence-electron chi connectivity index (χ2n) is 6.53. The fourth-order valence-corrected chi connectivity index (χ4v) is 1.83. The van der Waals surface area contributed by atoms with Crippen molar-refractivity contribution >= 4 is 29.1 Å². The van der Waals surface area contributed by atoms with Crippen LogP contribution in [-0.2, 0) is 14.4 Å². The molecule has 0 aromatic heterocycles. The number of carbonyl (C=O) groups excluding carboxylic acids is 3. The lowest BCUT2D eigenvalue weighted by atomic mass is 9.96. The first-order valence-corrected chi connectivity index (χ1v) is 7.75. The van der Waals surface area contributed by atoms with Crippen molar-refractivity contribution < 1.29 is 18.8 Å². The van der Waals surface area contributed by atoms with Gasteiger partial charge in [-0.2, -0.15) is 0 Å². The van der Waals surface area contributed by atoms with E-state index in [2.05, 4.69) is 16.0 Å². The largest absolute Gasteiger partial charge is 0.356 e. The molecule has 0 saturated heterocycles. The Labute approximate surface area is 141 Å². The Morgan fingerprint density at radius 2 is 1.79 bits per heavy atom. The van der Waals surface area contributed by atoms with Crippen LogP contribution in [0.25, 0.3) is 0 Å². The molecule has 1 aromatic rings. The summed E-state index contributed by atoms with van der Waals surface area (Å²) in [6, 6.07) is 3.94. The number of anilines is 2. The standard InChI is InChI=1S/C17H24FN3O3/c1-11(22)20-12-7-8-13(18)14(10-12)21-15(23)6-5-9-19-16(24)17(2,3)4/h7-8,10H,5-6,9H2,1-4H3,(H,19,24)(H,20,22)(H,21,23). The van der Waals surface area contributed by atoms with Crippen LogP contribution in [0.1, 0.15) is 40.5 Å². The van der Waals surface area contributed by atoms with Gasteiger partial charge in [-0.25, -0.2) is 4.39 Å². The first kappa shape index (κ1) is 19.6. The predicted molar refractivity (Wildman–Crippen MR) is 91.0 cm³/mol. The summed E-state index contributed by atoms with van der Waals surface area (Å²) in [5.74, 6) is -1.32. The van der Waals surface area contributed by atoms with Crippen LogP contribution in [-0.4, -0.2) is 24.3 Å². The van der Waals surface area contributed by atoms with Crippen LogP contribution in [0, 0.1) is 11.2 Å². The highest BCUT2D eigenvalue weighted by atomic mass is 19.1. The maximum atomic E-state index is 13.7. The molecule has 0 aliphatic rings. The minimum absolute atomic E-state index is 0.00461. The van der Waals surface area contributed by atoms with Gasteiger partial charge in [0, 0.05) is 31.0 Å². The van der Waals surface area contributed by atoms with Crippen molar-refractivity contribution in [3.05, 3.63) is 24.0 Å². The first-order chi connectivity index (χ1) is 11.1. The van der Waals surface area contributed by atoms with E-state index in [4.69, 9.17) is 0 Å². The van der Waals surface area contributed by atoms with E-state index in [1.807, 2.05) is 0 Å². The molecular weight excluding hydrogens is 313 g/mol. The number of rotatable bonds is 6. The Kier molecular flexibility index (Phi) is 6.88. The summed E-state index contributed by atoms with van der Waals surface area (Å²) in [4.78, 5) is 34.5. The predicted octanol–water partition coefficient (Wildman–Crippen LogP) is 2.67. The second-order valence-corrected chi connectivity index (χ2v) is 6.53. The average Bonchev–Trinajstić information content (AvgIpc) is 2.45. The number of amides is 3. The van der Waals surface area contributed by atoms with Crippen LogP contribution in [0.3, 0.4) is 0 Å². The molecule has 0 atom stereocenters. The van der Waals surface area contributed by atoms with E-state index in [1.54, 1.807) is 20.8 Å². The van der Waals surface area contributed by atoms with Gasteiger partial charge in [0.25, 0.3) is 0 Å². The second kappa shape index (κ2) is 8.42. The fourth-order valence-electron chi connectivity index (χ4n) is 1.83. The lowest BCUT2D eigenvalue weighted by Crippen LogP contribution is -2.35. The van der Waals surface area contributed by atoms with Crippen molar-refractivity contribution in [2.75, 3.05) is 17.2 Å². The van der Waals surface area contributed by atoms with Crippen LogP contribution in [0.5, 0.6) is 0 Å². The van der Waals surface area contributed by atoms with Crippen molar-refractivity contribution in [3.8, 4) is 0 Å². The average molecular weight is 337 g/mol. The zero-order valence-electron chi connectivity index (χ0n) is 14.5. The molecule has 0 saturated carbocycles. The molecule has 7 heteroatoms. The maximum Gasteiger partial charge on any atom is 0.225 e. The zero-order valence-corrected chi connectivity index (χ0v) is 14.5. The highest BCUT2D eigenvalue weighted by Gasteiger charge is 2.20. The molecule has 0 spiro atoms. The van der Waals surface area contributed by atoms with Gasteiger partial charge in [0.05, 0.1) is 5.69 Å². The van der Waals surface area contributed by atoms with Crippen molar-refractivity contribution in [2.45, 2.75) is 40.5 Å².